The molecule has 3 atom stereocenters. The molecule has 2 rings (SSSR count). The van der Waals surface area contributed by atoms with E-state index < -0.39 is 48.7 Å². The van der Waals surface area contributed by atoms with Crippen LogP contribution in [0.1, 0.15) is 27.7 Å². The Hall–Kier alpha value is -0.280. The molecule has 2 aliphatic heterocycles. The number of rotatable bonds is 4. The molecule has 0 aromatic carbocycles. The van der Waals surface area contributed by atoms with Gasteiger partial charge in [-0.05, 0) is 27.7 Å². The van der Waals surface area contributed by atoms with Gasteiger partial charge >= 0.3 is 0 Å². The Kier molecular flexibility index (Phi) is 4.16. The zero-order chi connectivity index (χ0) is 15.2. The summed E-state index contributed by atoms with van der Waals surface area (Å²) in [5.41, 5.74) is -1.36. The van der Waals surface area contributed by atoms with Gasteiger partial charge in [0.25, 0.3) is 0 Å². The predicted molar refractivity (Wildman–Crippen MR) is 67.9 cm³/mol. The summed E-state index contributed by atoms with van der Waals surface area (Å²) in [7, 11) is 0. The van der Waals surface area contributed by atoms with Crippen LogP contribution in [0, 0.1) is 0 Å². The third-order valence-corrected chi connectivity index (χ3v) is 3.64. The van der Waals surface area contributed by atoms with E-state index in [0.29, 0.717) is 0 Å². The van der Waals surface area contributed by atoms with Gasteiger partial charge in [-0.3, -0.25) is 0 Å². The summed E-state index contributed by atoms with van der Waals surface area (Å²) in [6.45, 7) is 6.10. The Morgan fingerprint density at radius 3 is 2.10 bits per heavy atom. The van der Waals surface area contributed by atoms with Crippen LogP contribution in [0.5, 0.6) is 0 Å². The maximum absolute atomic E-state index is 10.5. The Morgan fingerprint density at radius 1 is 1.05 bits per heavy atom. The Labute approximate surface area is 118 Å². The minimum absolute atomic E-state index is 0.210. The summed E-state index contributed by atoms with van der Waals surface area (Å²) in [4.78, 5) is 0. The van der Waals surface area contributed by atoms with Crippen molar-refractivity contribution in [2.45, 2.75) is 63.2 Å². The fraction of sp³-hybridized carbons (Fsp3) is 1.00. The molecule has 0 unspecified atom stereocenters. The van der Waals surface area contributed by atoms with Crippen molar-refractivity contribution in [3.05, 3.63) is 0 Å². The van der Waals surface area contributed by atoms with Crippen LogP contribution in [0.2, 0.25) is 0 Å². The number of aliphatic hydroxyl groups excluding tert-OH is 3. The fourth-order valence-electron chi connectivity index (χ4n) is 2.74. The summed E-state index contributed by atoms with van der Waals surface area (Å²) in [5, 5.41) is 29.6. The zero-order valence-electron chi connectivity index (χ0n) is 12.3. The average Bonchev–Trinajstić information content (AvgIpc) is 2.86. The van der Waals surface area contributed by atoms with E-state index in [1.807, 2.05) is 0 Å². The first kappa shape index (κ1) is 16.1. The molecular formula is C13H24O7. The van der Waals surface area contributed by atoms with Gasteiger partial charge in [0.05, 0.1) is 19.8 Å². The molecule has 0 spiro atoms. The van der Waals surface area contributed by atoms with Gasteiger partial charge in [0.2, 0.25) is 0 Å². The van der Waals surface area contributed by atoms with Crippen LogP contribution in [0.25, 0.3) is 0 Å². The van der Waals surface area contributed by atoms with Crippen molar-refractivity contribution in [1.29, 1.82) is 0 Å². The number of aliphatic hydroxyl groups is 3. The third-order valence-electron chi connectivity index (χ3n) is 3.64. The van der Waals surface area contributed by atoms with Crippen molar-refractivity contribution >= 4 is 0 Å². The molecule has 0 aliphatic carbocycles. The first-order valence-electron chi connectivity index (χ1n) is 6.74. The summed E-state index contributed by atoms with van der Waals surface area (Å²) in [5.74, 6) is -1.78. The van der Waals surface area contributed by atoms with Crippen LogP contribution in [-0.4, -0.2) is 70.6 Å². The average molecular weight is 292 g/mol. The highest BCUT2D eigenvalue weighted by Gasteiger charge is 2.58. The second-order valence-electron chi connectivity index (χ2n) is 6.28. The topological polar surface area (TPSA) is 97.6 Å². The maximum Gasteiger partial charge on any atom is 0.164 e. The molecule has 2 saturated heterocycles. The molecule has 0 aromatic rings. The molecule has 0 radical (unpaired) electrons. The first-order chi connectivity index (χ1) is 9.15. The zero-order valence-corrected chi connectivity index (χ0v) is 12.3. The highest BCUT2D eigenvalue weighted by Crippen LogP contribution is 2.40. The summed E-state index contributed by atoms with van der Waals surface area (Å²) in [6.07, 6.45) is -2.60. The minimum atomic E-state index is -1.36. The van der Waals surface area contributed by atoms with Crippen molar-refractivity contribution < 1.29 is 34.3 Å². The van der Waals surface area contributed by atoms with Crippen molar-refractivity contribution in [2.75, 3.05) is 19.8 Å². The molecule has 0 bridgehead atoms. The van der Waals surface area contributed by atoms with Crippen molar-refractivity contribution in [2.24, 2.45) is 0 Å². The largest absolute Gasteiger partial charge is 0.393 e. The van der Waals surface area contributed by atoms with Crippen LogP contribution >= 0.6 is 0 Å². The monoisotopic (exact) mass is 292 g/mol. The second kappa shape index (κ2) is 5.17. The van der Waals surface area contributed by atoms with Crippen molar-refractivity contribution in [3.63, 3.8) is 0 Å². The van der Waals surface area contributed by atoms with Crippen molar-refractivity contribution in [3.8, 4) is 0 Å². The van der Waals surface area contributed by atoms with Gasteiger partial charge < -0.3 is 34.3 Å². The molecular weight excluding hydrogens is 268 g/mol. The van der Waals surface area contributed by atoms with Gasteiger partial charge in [0, 0.05) is 0 Å². The van der Waals surface area contributed by atoms with Crippen LogP contribution < -0.4 is 0 Å². The van der Waals surface area contributed by atoms with E-state index in [0.717, 1.165) is 0 Å². The highest BCUT2D eigenvalue weighted by atomic mass is 16.8. The quantitative estimate of drug-likeness (QED) is 0.635. The standard InChI is InChI=1S/C13H24O7/c1-11(2)17-5-8(18-11)9(16)10-13(6-14,7-15)20-12(3,4)19-10/h8-10,14-16H,5-7H2,1-4H3/t8-,9-,10+/m1/s1. The van der Waals surface area contributed by atoms with Crippen LogP contribution in [0.4, 0.5) is 0 Å². The van der Waals surface area contributed by atoms with Crippen molar-refractivity contribution in [1.82, 2.24) is 0 Å². The molecule has 7 heteroatoms. The van der Waals surface area contributed by atoms with Crippen LogP contribution in [0.15, 0.2) is 0 Å². The fourth-order valence-corrected chi connectivity index (χ4v) is 2.74. The van der Waals surface area contributed by atoms with Gasteiger partial charge in [0.1, 0.15) is 23.9 Å². The lowest BCUT2D eigenvalue weighted by molar-refractivity contribution is -0.181. The first-order valence-corrected chi connectivity index (χ1v) is 6.74. The Morgan fingerprint density at radius 2 is 1.65 bits per heavy atom. The molecule has 20 heavy (non-hydrogen) atoms. The molecule has 2 aliphatic rings. The highest BCUT2D eigenvalue weighted by molar-refractivity contribution is 5.02. The van der Waals surface area contributed by atoms with Gasteiger partial charge in [-0.1, -0.05) is 0 Å². The minimum Gasteiger partial charge on any atom is -0.393 e. The summed E-state index contributed by atoms with van der Waals surface area (Å²) in [6, 6.07) is 0. The lowest BCUT2D eigenvalue weighted by atomic mass is 9.92. The summed E-state index contributed by atoms with van der Waals surface area (Å²) >= 11 is 0. The molecule has 7 nitrogen and oxygen atoms in total. The van der Waals surface area contributed by atoms with Gasteiger partial charge in [-0.25, -0.2) is 0 Å². The molecule has 3 N–H and O–H groups in total. The van der Waals surface area contributed by atoms with Gasteiger partial charge in [-0.2, -0.15) is 0 Å². The van der Waals surface area contributed by atoms with Crippen LogP contribution in [0.3, 0.4) is 0 Å². The lowest BCUT2D eigenvalue weighted by Crippen LogP contribution is -2.56. The molecule has 2 fully saturated rings. The second-order valence-corrected chi connectivity index (χ2v) is 6.28. The normalized spacial score (nSPS) is 36.1. The van der Waals surface area contributed by atoms with Crippen LogP contribution in [-0.2, 0) is 18.9 Å². The molecule has 0 saturated carbocycles. The number of hydrogen-bond donors (Lipinski definition) is 3. The van der Waals surface area contributed by atoms with E-state index in [2.05, 4.69) is 0 Å². The predicted octanol–water partition coefficient (Wildman–Crippen LogP) is -0.626. The Bertz CT molecular complexity index is 351. The summed E-state index contributed by atoms with van der Waals surface area (Å²) < 4.78 is 22.3. The number of hydrogen-bond acceptors (Lipinski definition) is 7. The van der Waals surface area contributed by atoms with E-state index in [1.54, 1.807) is 27.7 Å². The smallest absolute Gasteiger partial charge is 0.164 e. The molecule has 0 amide bonds. The van der Waals surface area contributed by atoms with E-state index in [9.17, 15) is 15.3 Å². The molecule has 2 heterocycles. The van der Waals surface area contributed by atoms with E-state index >= 15 is 0 Å². The SMILES string of the molecule is CC1(C)OC[C@H]([C@@H](O)[C@@H]2OC(C)(C)OC2(CO)CO)O1. The molecule has 118 valence electrons. The maximum atomic E-state index is 10.5. The van der Waals surface area contributed by atoms with Gasteiger partial charge in [0.15, 0.2) is 11.6 Å². The Balaban J connectivity index is 2.17. The lowest BCUT2D eigenvalue weighted by Gasteiger charge is -2.33. The van der Waals surface area contributed by atoms with E-state index in [-0.39, 0.29) is 6.61 Å². The third kappa shape index (κ3) is 2.85. The van der Waals surface area contributed by atoms with Gasteiger partial charge in [-0.15, -0.1) is 0 Å². The van der Waals surface area contributed by atoms with E-state index in [4.69, 9.17) is 18.9 Å². The van der Waals surface area contributed by atoms with E-state index in [1.165, 1.54) is 0 Å². The number of ether oxygens (including phenoxy) is 4. The molecule has 0 aromatic heterocycles.